The van der Waals surface area contributed by atoms with Crippen molar-refractivity contribution in [3.63, 3.8) is 0 Å². The van der Waals surface area contributed by atoms with Crippen molar-refractivity contribution >= 4 is 27.3 Å². The number of benzene rings is 1. The normalized spacial score (nSPS) is 11.1. The van der Waals surface area contributed by atoms with E-state index in [0.29, 0.717) is 22.0 Å². The zero-order valence-electron chi connectivity index (χ0n) is 11.1. The van der Waals surface area contributed by atoms with Crippen molar-refractivity contribution in [2.45, 2.75) is 11.6 Å². The summed E-state index contributed by atoms with van der Waals surface area (Å²) in [7, 11) is -2.29. The van der Waals surface area contributed by atoms with Gasteiger partial charge in [0.1, 0.15) is 11.8 Å². The Morgan fingerprint density at radius 3 is 2.76 bits per heavy atom. The first-order valence-electron chi connectivity index (χ1n) is 5.92. The summed E-state index contributed by atoms with van der Waals surface area (Å²) in [5, 5.41) is 12.3. The summed E-state index contributed by atoms with van der Waals surface area (Å²) in [5.74, 6) is 0.424. The molecule has 0 bridgehead atoms. The molecule has 0 aliphatic rings. The number of nitriles is 1. The average Bonchev–Trinajstić information content (AvgIpc) is 2.95. The summed E-state index contributed by atoms with van der Waals surface area (Å²) in [5.41, 5.74) is 0.994. The maximum absolute atomic E-state index is 11.5. The van der Waals surface area contributed by atoms with Crippen LogP contribution in [-0.2, 0) is 16.6 Å². The second kappa shape index (κ2) is 6.18. The van der Waals surface area contributed by atoms with Gasteiger partial charge in [-0.1, -0.05) is 11.6 Å². The molecule has 1 aromatic heterocycles. The summed E-state index contributed by atoms with van der Waals surface area (Å²) in [4.78, 5) is 0. The minimum Gasteiger partial charge on any atom is -0.446 e. The van der Waals surface area contributed by atoms with Gasteiger partial charge in [-0.2, -0.15) is 5.26 Å². The third-order valence-electron chi connectivity index (χ3n) is 2.73. The molecule has 0 radical (unpaired) electrons. The molecule has 0 saturated heterocycles. The highest BCUT2D eigenvalue weighted by Gasteiger charge is 2.16. The minimum absolute atomic E-state index is 0.159. The summed E-state index contributed by atoms with van der Waals surface area (Å²) in [6, 6.07) is 9.80. The van der Waals surface area contributed by atoms with Crippen molar-refractivity contribution in [1.29, 1.82) is 5.26 Å². The monoisotopic (exact) mass is 325 g/mol. The fraction of sp³-hybridized carbons (Fsp3) is 0.154. The third kappa shape index (κ3) is 3.55. The highest BCUT2D eigenvalue weighted by atomic mass is 35.5. The van der Waals surface area contributed by atoms with Gasteiger partial charge >= 0.3 is 0 Å². The van der Waals surface area contributed by atoms with Crippen molar-refractivity contribution in [1.82, 2.24) is 4.72 Å². The van der Waals surface area contributed by atoms with Crippen LogP contribution in [-0.4, -0.2) is 15.5 Å². The summed E-state index contributed by atoms with van der Waals surface area (Å²) in [6.07, 6.45) is 0. The quantitative estimate of drug-likeness (QED) is 0.879. The Morgan fingerprint density at radius 2 is 2.10 bits per heavy atom. The smallest absolute Gasteiger partial charge is 0.273 e. The van der Waals surface area contributed by atoms with Gasteiger partial charge in [-0.05, 0) is 37.4 Å². The molecule has 0 saturated carbocycles. The van der Waals surface area contributed by atoms with Crippen LogP contribution in [0.5, 0.6) is 0 Å². The molecule has 0 amide bonds. The maximum Gasteiger partial charge on any atom is 0.273 e. The van der Waals surface area contributed by atoms with Crippen LogP contribution < -0.4 is 10.0 Å². The third-order valence-corrected chi connectivity index (χ3v) is 4.25. The summed E-state index contributed by atoms with van der Waals surface area (Å²) < 4.78 is 30.5. The van der Waals surface area contributed by atoms with Crippen LogP contribution in [0.3, 0.4) is 0 Å². The van der Waals surface area contributed by atoms with Crippen LogP contribution in [0, 0.1) is 11.3 Å². The van der Waals surface area contributed by atoms with Crippen molar-refractivity contribution in [3.05, 3.63) is 46.7 Å². The Morgan fingerprint density at radius 1 is 1.33 bits per heavy atom. The molecule has 6 nitrogen and oxygen atoms in total. The molecule has 21 heavy (non-hydrogen) atoms. The van der Waals surface area contributed by atoms with E-state index in [1.165, 1.54) is 13.1 Å². The molecule has 0 spiro atoms. The number of hydrogen-bond donors (Lipinski definition) is 2. The molecule has 0 fully saturated rings. The second-order valence-corrected chi connectivity index (χ2v) is 6.34. The van der Waals surface area contributed by atoms with Gasteiger partial charge in [0.15, 0.2) is 0 Å². The SMILES string of the molecule is CNS(=O)(=O)c1ccc(CNc2cc(Cl)ccc2C#N)o1. The van der Waals surface area contributed by atoms with Gasteiger partial charge in [0, 0.05) is 5.02 Å². The standard InChI is InChI=1S/C13H12ClN3O3S/c1-16-21(18,19)13-5-4-11(20-13)8-17-12-6-10(14)3-2-9(12)7-15/h2-6,16-17H,8H2,1H3. The van der Waals surface area contributed by atoms with Gasteiger partial charge in [-0.15, -0.1) is 0 Å². The van der Waals surface area contributed by atoms with Crippen molar-refractivity contribution in [3.8, 4) is 6.07 Å². The van der Waals surface area contributed by atoms with Gasteiger partial charge < -0.3 is 9.73 Å². The molecule has 2 N–H and O–H groups in total. The lowest BCUT2D eigenvalue weighted by Crippen LogP contribution is -2.17. The highest BCUT2D eigenvalue weighted by molar-refractivity contribution is 7.89. The van der Waals surface area contributed by atoms with Crippen LogP contribution in [0.1, 0.15) is 11.3 Å². The van der Waals surface area contributed by atoms with Crippen LogP contribution in [0.2, 0.25) is 5.02 Å². The first kappa shape index (κ1) is 15.4. The number of nitrogens with one attached hydrogen (secondary N) is 2. The van der Waals surface area contributed by atoms with Crippen molar-refractivity contribution < 1.29 is 12.8 Å². The van der Waals surface area contributed by atoms with Crippen LogP contribution in [0.25, 0.3) is 0 Å². The predicted molar refractivity (Wildman–Crippen MR) is 78.4 cm³/mol. The zero-order chi connectivity index (χ0) is 15.5. The molecule has 0 aliphatic carbocycles. The average molecular weight is 326 g/mol. The van der Waals surface area contributed by atoms with Gasteiger partial charge in [-0.25, -0.2) is 13.1 Å². The molecule has 110 valence electrons. The number of anilines is 1. The Hall–Kier alpha value is -2.01. The first-order valence-corrected chi connectivity index (χ1v) is 7.78. The maximum atomic E-state index is 11.5. The molecule has 1 aromatic carbocycles. The number of rotatable bonds is 5. The highest BCUT2D eigenvalue weighted by Crippen LogP contribution is 2.22. The van der Waals surface area contributed by atoms with Gasteiger partial charge in [0.25, 0.3) is 10.0 Å². The molecule has 0 unspecified atom stereocenters. The lowest BCUT2D eigenvalue weighted by molar-refractivity contribution is 0.417. The number of nitrogens with zero attached hydrogens (tertiary/aromatic N) is 1. The fourth-order valence-corrected chi connectivity index (χ4v) is 2.48. The van der Waals surface area contributed by atoms with Crippen LogP contribution in [0.15, 0.2) is 39.8 Å². The molecule has 0 aliphatic heterocycles. The van der Waals surface area contributed by atoms with Crippen molar-refractivity contribution in [2.75, 3.05) is 12.4 Å². The Balaban J connectivity index is 2.15. The largest absolute Gasteiger partial charge is 0.446 e. The van der Waals surface area contributed by atoms with E-state index in [2.05, 4.69) is 10.0 Å². The molecular formula is C13H12ClN3O3S. The summed E-state index contributed by atoms with van der Waals surface area (Å²) >= 11 is 5.88. The Kier molecular flexibility index (Phi) is 4.53. The topological polar surface area (TPSA) is 95.1 Å². The lowest BCUT2D eigenvalue weighted by atomic mass is 10.2. The van der Waals surface area contributed by atoms with Gasteiger partial charge in [0.05, 0.1) is 17.8 Å². The van der Waals surface area contributed by atoms with Crippen LogP contribution in [0.4, 0.5) is 5.69 Å². The molecule has 2 rings (SSSR count). The Bertz CT molecular complexity index is 793. The van der Waals surface area contributed by atoms with Crippen molar-refractivity contribution in [2.24, 2.45) is 0 Å². The number of furan rings is 1. The minimum atomic E-state index is -3.60. The molecule has 1 heterocycles. The number of halogens is 1. The van der Waals surface area contributed by atoms with E-state index in [9.17, 15) is 8.42 Å². The van der Waals surface area contributed by atoms with E-state index in [4.69, 9.17) is 21.3 Å². The van der Waals surface area contributed by atoms with E-state index in [1.807, 2.05) is 6.07 Å². The van der Waals surface area contributed by atoms with E-state index in [0.717, 1.165) is 0 Å². The van der Waals surface area contributed by atoms with E-state index in [-0.39, 0.29) is 11.6 Å². The number of sulfonamides is 1. The predicted octanol–water partition coefficient (Wildman–Crippen LogP) is 2.32. The Labute approximate surface area is 127 Å². The van der Waals surface area contributed by atoms with Crippen LogP contribution >= 0.6 is 11.6 Å². The molecule has 2 aromatic rings. The lowest BCUT2D eigenvalue weighted by Gasteiger charge is -2.07. The second-order valence-electron chi connectivity index (χ2n) is 4.08. The van der Waals surface area contributed by atoms with E-state index < -0.39 is 10.0 Å². The number of hydrogen-bond acceptors (Lipinski definition) is 5. The molecule has 0 atom stereocenters. The van der Waals surface area contributed by atoms with Gasteiger partial charge in [0.2, 0.25) is 5.09 Å². The zero-order valence-corrected chi connectivity index (χ0v) is 12.6. The van der Waals surface area contributed by atoms with E-state index in [1.54, 1.807) is 24.3 Å². The van der Waals surface area contributed by atoms with E-state index >= 15 is 0 Å². The fourth-order valence-electron chi connectivity index (χ4n) is 1.64. The summed E-state index contributed by atoms with van der Waals surface area (Å²) in [6.45, 7) is 0.230. The van der Waals surface area contributed by atoms with Gasteiger partial charge in [-0.3, -0.25) is 0 Å². The first-order chi connectivity index (χ1) is 9.96. The molecular weight excluding hydrogens is 314 g/mol. The molecule has 8 heteroatoms.